The molecule has 2 aromatic heterocycles. The van der Waals surface area contributed by atoms with E-state index in [1.165, 1.54) is 0 Å². The van der Waals surface area contributed by atoms with Crippen LogP contribution in [0.15, 0.2) is 47.3 Å². The average molecular weight is 430 g/mol. The molecule has 1 saturated heterocycles. The molecule has 1 fully saturated rings. The molecule has 8 heteroatoms. The minimum atomic E-state index is -0.830. The predicted octanol–water partition coefficient (Wildman–Crippen LogP) is 3.06. The van der Waals surface area contributed by atoms with Gasteiger partial charge in [0.25, 0.3) is 0 Å². The van der Waals surface area contributed by atoms with Crippen molar-refractivity contribution in [1.29, 1.82) is 0 Å². The van der Waals surface area contributed by atoms with Crippen molar-refractivity contribution in [2.45, 2.75) is 12.5 Å². The number of halogens is 1. The zero-order valence-corrected chi connectivity index (χ0v) is 16.3. The standard InChI is InChI=1S/C19H20BrN5O2/c20-13-3-4-14-15(12-23-16(14)11-13)17(18(26)27)24-7-2-8-25(10-9-24)19-21-5-1-6-22-19/h1,3-6,11-12,17,23H,2,7-10H2,(H,26,27)/t17-/m0/s1. The highest BCUT2D eigenvalue weighted by atomic mass is 79.9. The van der Waals surface area contributed by atoms with Crippen LogP contribution in [-0.4, -0.2) is 57.1 Å². The topological polar surface area (TPSA) is 85.4 Å². The Kier molecular flexibility index (Phi) is 5.09. The summed E-state index contributed by atoms with van der Waals surface area (Å²) in [5.74, 6) is -0.133. The smallest absolute Gasteiger partial charge is 0.325 e. The van der Waals surface area contributed by atoms with Crippen LogP contribution in [0, 0.1) is 0 Å². The number of aromatic amines is 1. The molecule has 1 aliphatic rings. The van der Waals surface area contributed by atoms with E-state index in [0.717, 1.165) is 33.9 Å². The Balaban J connectivity index is 1.60. The van der Waals surface area contributed by atoms with Gasteiger partial charge in [0.15, 0.2) is 0 Å². The molecule has 2 N–H and O–H groups in total. The second-order valence-corrected chi connectivity index (χ2v) is 7.52. The predicted molar refractivity (Wildman–Crippen MR) is 107 cm³/mol. The lowest BCUT2D eigenvalue weighted by Crippen LogP contribution is -2.37. The van der Waals surface area contributed by atoms with Gasteiger partial charge in [0.1, 0.15) is 6.04 Å². The van der Waals surface area contributed by atoms with E-state index in [0.29, 0.717) is 25.6 Å². The van der Waals surface area contributed by atoms with Gasteiger partial charge in [-0.3, -0.25) is 9.69 Å². The highest BCUT2D eigenvalue weighted by Crippen LogP contribution is 2.31. The summed E-state index contributed by atoms with van der Waals surface area (Å²) in [6.07, 6.45) is 6.14. The number of anilines is 1. The number of nitrogens with zero attached hydrogens (tertiary/aromatic N) is 4. The van der Waals surface area contributed by atoms with Gasteiger partial charge in [0.2, 0.25) is 5.95 Å². The minimum Gasteiger partial charge on any atom is -0.480 e. The number of nitrogens with one attached hydrogen (secondary N) is 1. The molecule has 0 amide bonds. The molecule has 0 radical (unpaired) electrons. The lowest BCUT2D eigenvalue weighted by atomic mass is 10.0. The van der Waals surface area contributed by atoms with Crippen molar-refractivity contribution in [2.24, 2.45) is 0 Å². The molecule has 1 atom stereocenters. The van der Waals surface area contributed by atoms with E-state index in [2.05, 4.69) is 35.8 Å². The molecule has 1 aromatic carbocycles. The maximum Gasteiger partial charge on any atom is 0.325 e. The van der Waals surface area contributed by atoms with Crippen molar-refractivity contribution in [1.82, 2.24) is 19.9 Å². The van der Waals surface area contributed by atoms with Crippen molar-refractivity contribution < 1.29 is 9.90 Å². The van der Waals surface area contributed by atoms with E-state index in [1.54, 1.807) is 18.5 Å². The molecule has 3 aromatic rings. The van der Waals surface area contributed by atoms with Crippen LogP contribution in [0.2, 0.25) is 0 Å². The van der Waals surface area contributed by atoms with Crippen molar-refractivity contribution in [3.63, 3.8) is 0 Å². The van der Waals surface area contributed by atoms with Gasteiger partial charge in [0.05, 0.1) is 0 Å². The van der Waals surface area contributed by atoms with Gasteiger partial charge < -0.3 is 15.0 Å². The summed E-state index contributed by atoms with van der Waals surface area (Å²) in [4.78, 5) is 28.2. The molecule has 7 nitrogen and oxygen atoms in total. The molecule has 0 aliphatic carbocycles. The summed E-state index contributed by atoms with van der Waals surface area (Å²) in [5.41, 5.74) is 1.73. The van der Waals surface area contributed by atoms with E-state index in [4.69, 9.17) is 0 Å². The third-order valence-electron chi connectivity index (χ3n) is 4.93. The quantitative estimate of drug-likeness (QED) is 0.662. The Morgan fingerprint density at radius 2 is 2.00 bits per heavy atom. The van der Waals surface area contributed by atoms with Crippen LogP contribution in [0.5, 0.6) is 0 Å². The van der Waals surface area contributed by atoms with Gasteiger partial charge in [-0.15, -0.1) is 0 Å². The Hall–Kier alpha value is -2.45. The summed E-state index contributed by atoms with van der Waals surface area (Å²) < 4.78 is 0.962. The van der Waals surface area contributed by atoms with E-state index < -0.39 is 12.0 Å². The Labute approximate surface area is 165 Å². The summed E-state index contributed by atoms with van der Waals surface area (Å²) in [6, 6.07) is 6.98. The third kappa shape index (κ3) is 3.68. The number of fused-ring (bicyclic) bond motifs is 1. The van der Waals surface area contributed by atoms with Gasteiger partial charge in [-0.25, -0.2) is 9.97 Å². The fourth-order valence-corrected chi connectivity index (χ4v) is 4.04. The van der Waals surface area contributed by atoms with Crippen LogP contribution in [0.25, 0.3) is 10.9 Å². The zero-order valence-electron chi connectivity index (χ0n) is 14.7. The molecule has 1 aliphatic heterocycles. The first-order chi connectivity index (χ1) is 13.1. The van der Waals surface area contributed by atoms with E-state index in [-0.39, 0.29) is 0 Å². The first-order valence-corrected chi connectivity index (χ1v) is 9.68. The fourth-order valence-electron chi connectivity index (χ4n) is 3.68. The number of H-pyrrole nitrogens is 1. The number of carboxylic acid groups (broad SMARTS) is 1. The molecule has 0 spiro atoms. The van der Waals surface area contributed by atoms with Gasteiger partial charge in [-0.2, -0.15) is 0 Å². The Morgan fingerprint density at radius 3 is 2.78 bits per heavy atom. The normalized spacial score (nSPS) is 17.0. The summed E-state index contributed by atoms with van der Waals surface area (Å²) in [7, 11) is 0. The number of hydrogen-bond acceptors (Lipinski definition) is 5. The maximum absolute atomic E-state index is 12.2. The van der Waals surface area contributed by atoms with Crippen LogP contribution in [0.3, 0.4) is 0 Å². The van der Waals surface area contributed by atoms with Crippen molar-refractivity contribution in [3.05, 3.63) is 52.9 Å². The highest BCUT2D eigenvalue weighted by molar-refractivity contribution is 9.10. The molecular formula is C19H20BrN5O2. The van der Waals surface area contributed by atoms with E-state index in [9.17, 15) is 9.90 Å². The number of hydrogen-bond donors (Lipinski definition) is 2. The van der Waals surface area contributed by atoms with Gasteiger partial charge in [-0.05, 0) is 24.6 Å². The van der Waals surface area contributed by atoms with Crippen LogP contribution < -0.4 is 4.90 Å². The van der Waals surface area contributed by atoms with Crippen LogP contribution in [0.1, 0.15) is 18.0 Å². The lowest BCUT2D eigenvalue weighted by molar-refractivity contribution is -0.143. The fraction of sp³-hybridized carbons (Fsp3) is 0.316. The molecule has 27 heavy (non-hydrogen) atoms. The number of carbonyl (C=O) groups is 1. The lowest BCUT2D eigenvalue weighted by Gasteiger charge is -2.27. The summed E-state index contributed by atoms with van der Waals surface area (Å²) in [6.45, 7) is 2.86. The number of benzene rings is 1. The van der Waals surface area contributed by atoms with Crippen LogP contribution >= 0.6 is 15.9 Å². The second kappa shape index (κ2) is 7.66. The third-order valence-corrected chi connectivity index (χ3v) is 5.43. The van der Waals surface area contributed by atoms with E-state index >= 15 is 0 Å². The average Bonchev–Trinajstić information content (AvgIpc) is 2.91. The second-order valence-electron chi connectivity index (χ2n) is 6.60. The maximum atomic E-state index is 12.2. The monoisotopic (exact) mass is 429 g/mol. The molecular weight excluding hydrogens is 410 g/mol. The largest absolute Gasteiger partial charge is 0.480 e. The first-order valence-electron chi connectivity index (χ1n) is 8.89. The molecule has 0 saturated carbocycles. The summed E-state index contributed by atoms with van der Waals surface area (Å²) in [5, 5.41) is 10.9. The van der Waals surface area contributed by atoms with Crippen molar-refractivity contribution in [3.8, 4) is 0 Å². The SMILES string of the molecule is O=C(O)[C@H](c1c[nH]c2cc(Br)ccc12)N1CCCN(c2ncccn2)CC1. The summed E-state index contributed by atoms with van der Waals surface area (Å²) >= 11 is 3.46. The number of rotatable bonds is 4. The number of carboxylic acids is 1. The Morgan fingerprint density at radius 1 is 1.19 bits per heavy atom. The molecule has 3 heterocycles. The minimum absolute atomic E-state index is 0.637. The molecule has 140 valence electrons. The molecule has 4 rings (SSSR count). The Bertz CT molecular complexity index is 946. The van der Waals surface area contributed by atoms with Crippen LogP contribution in [-0.2, 0) is 4.79 Å². The van der Waals surface area contributed by atoms with Gasteiger partial charge >= 0.3 is 5.97 Å². The van der Waals surface area contributed by atoms with Gasteiger partial charge in [-0.1, -0.05) is 22.0 Å². The molecule has 0 bridgehead atoms. The molecule has 0 unspecified atom stereocenters. The number of aliphatic carboxylic acids is 1. The van der Waals surface area contributed by atoms with Crippen molar-refractivity contribution >= 4 is 38.8 Å². The van der Waals surface area contributed by atoms with Gasteiger partial charge in [0, 0.05) is 65.7 Å². The van der Waals surface area contributed by atoms with Crippen LogP contribution in [0.4, 0.5) is 5.95 Å². The zero-order chi connectivity index (χ0) is 18.8. The first kappa shape index (κ1) is 17.9. The highest BCUT2D eigenvalue weighted by Gasteiger charge is 2.31. The number of aromatic nitrogens is 3. The van der Waals surface area contributed by atoms with E-state index in [1.807, 2.05) is 29.3 Å². The van der Waals surface area contributed by atoms with Crippen molar-refractivity contribution in [2.75, 3.05) is 31.1 Å².